The summed E-state index contributed by atoms with van der Waals surface area (Å²) in [6.45, 7) is 5.81. The van der Waals surface area contributed by atoms with Gasteiger partial charge in [-0.25, -0.2) is 5.11 Å². The van der Waals surface area contributed by atoms with Crippen LogP contribution in [-0.4, -0.2) is 19.7 Å². The van der Waals surface area contributed by atoms with Gasteiger partial charge in [-0.15, -0.1) is 0 Å². The maximum Gasteiger partial charge on any atom is 0.0946 e. The average molecular weight is 116 g/mol. The highest BCUT2D eigenvalue weighted by molar-refractivity contribution is 4.48. The van der Waals surface area contributed by atoms with E-state index in [0.717, 1.165) is 6.54 Å². The van der Waals surface area contributed by atoms with Crippen molar-refractivity contribution in [1.29, 1.82) is 0 Å². The van der Waals surface area contributed by atoms with Gasteiger partial charge in [0.05, 0.1) is 6.61 Å². The summed E-state index contributed by atoms with van der Waals surface area (Å²) in [6.07, 6.45) is 0. The monoisotopic (exact) mass is 116 g/mol. The second kappa shape index (κ2) is 5.06. The Balaban J connectivity index is 2.72. The molecule has 0 rings (SSSR count). The standard InChI is InChI=1S/C6H14NO/c1-6(2)5-7-3-4-8/h6-7H,3-5H2,1-2H3. The number of hydrogen-bond acceptors (Lipinski definition) is 1. The predicted octanol–water partition coefficient (Wildman–Crippen LogP) is 0.662. The van der Waals surface area contributed by atoms with E-state index in [-0.39, 0.29) is 6.61 Å². The number of rotatable bonds is 4. The SMILES string of the molecule is CC(C)CNCC[O]. The minimum atomic E-state index is -0.00722. The van der Waals surface area contributed by atoms with Crippen LogP contribution in [0.3, 0.4) is 0 Å². The second-order valence-corrected chi connectivity index (χ2v) is 2.30. The molecule has 0 heterocycles. The molecular formula is C6H14NO. The lowest BCUT2D eigenvalue weighted by Gasteiger charge is -2.03. The summed E-state index contributed by atoms with van der Waals surface area (Å²) in [5, 5.41) is 12.9. The topological polar surface area (TPSA) is 31.9 Å². The van der Waals surface area contributed by atoms with E-state index >= 15 is 0 Å². The van der Waals surface area contributed by atoms with E-state index in [2.05, 4.69) is 19.2 Å². The zero-order valence-corrected chi connectivity index (χ0v) is 5.61. The van der Waals surface area contributed by atoms with Crippen LogP contribution >= 0.6 is 0 Å². The first-order chi connectivity index (χ1) is 3.77. The Morgan fingerprint density at radius 3 is 2.50 bits per heavy atom. The van der Waals surface area contributed by atoms with Crippen LogP contribution in [-0.2, 0) is 5.11 Å². The second-order valence-electron chi connectivity index (χ2n) is 2.30. The molecule has 1 radical (unpaired) electrons. The van der Waals surface area contributed by atoms with Crippen molar-refractivity contribution < 1.29 is 5.11 Å². The molecule has 0 aromatic carbocycles. The summed E-state index contributed by atoms with van der Waals surface area (Å²) in [7, 11) is 0. The van der Waals surface area contributed by atoms with Crippen molar-refractivity contribution in [3.8, 4) is 0 Å². The molecule has 0 saturated carbocycles. The highest BCUT2D eigenvalue weighted by atomic mass is 16.3. The van der Waals surface area contributed by atoms with Gasteiger partial charge in [0.1, 0.15) is 0 Å². The highest BCUT2D eigenvalue weighted by Crippen LogP contribution is 1.85. The van der Waals surface area contributed by atoms with E-state index in [1.54, 1.807) is 0 Å². The molecule has 0 atom stereocenters. The molecular weight excluding hydrogens is 102 g/mol. The van der Waals surface area contributed by atoms with Crippen LogP contribution in [0.5, 0.6) is 0 Å². The average Bonchev–Trinajstić information content (AvgIpc) is 1.66. The minimum absolute atomic E-state index is 0.00722. The van der Waals surface area contributed by atoms with E-state index in [4.69, 9.17) is 0 Å². The van der Waals surface area contributed by atoms with Crippen LogP contribution in [0.1, 0.15) is 13.8 Å². The zero-order chi connectivity index (χ0) is 6.41. The smallest absolute Gasteiger partial charge is 0.0946 e. The minimum Gasteiger partial charge on any atom is -0.314 e. The third kappa shape index (κ3) is 5.92. The maximum absolute atomic E-state index is 9.85. The summed E-state index contributed by atoms with van der Waals surface area (Å²) in [6, 6.07) is 0. The van der Waals surface area contributed by atoms with Gasteiger partial charge < -0.3 is 5.32 Å². The fourth-order valence-electron chi connectivity index (χ4n) is 0.463. The van der Waals surface area contributed by atoms with Gasteiger partial charge in [-0.2, -0.15) is 0 Å². The lowest BCUT2D eigenvalue weighted by molar-refractivity contribution is 0.193. The normalized spacial score (nSPS) is 10.5. The number of nitrogens with one attached hydrogen (secondary N) is 1. The van der Waals surface area contributed by atoms with Crippen molar-refractivity contribution in [3.05, 3.63) is 0 Å². The molecule has 0 amide bonds. The van der Waals surface area contributed by atoms with Gasteiger partial charge in [-0.3, -0.25) is 0 Å². The first kappa shape index (κ1) is 7.92. The summed E-state index contributed by atoms with van der Waals surface area (Å²) in [4.78, 5) is 0. The number of hydrogen-bond donors (Lipinski definition) is 1. The van der Waals surface area contributed by atoms with Gasteiger partial charge >= 0.3 is 0 Å². The predicted molar refractivity (Wildman–Crippen MR) is 33.3 cm³/mol. The molecule has 1 N–H and O–H groups in total. The highest BCUT2D eigenvalue weighted by Gasteiger charge is 1.89. The third-order valence-corrected chi connectivity index (χ3v) is 0.831. The molecule has 2 nitrogen and oxygen atoms in total. The van der Waals surface area contributed by atoms with E-state index in [1.807, 2.05) is 0 Å². The van der Waals surface area contributed by atoms with Crippen LogP contribution in [0.25, 0.3) is 0 Å². The summed E-state index contributed by atoms with van der Waals surface area (Å²) in [5.41, 5.74) is 0. The molecule has 8 heavy (non-hydrogen) atoms. The Labute approximate surface area is 50.9 Å². The van der Waals surface area contributed by atoms with E-state index in [1.165, 1.54) is 0 Å². The summed E-state index contributed by atoms with van der Waals surface area (Å²) >= 11 is 0. The molecule has 0 bridgehead atoms. The Morgan fingerprint density at radius 2 is 2.12 bits per heavy atom. The first-order valence-electron chi connectivity index (χ1n) is 3.06. The van der Waals surface area contributed by atoms with Gasteiger partial charge in [0.15, 0.2) is 0 Å². The van der Waals surface area contributed by atoms with Gasteiger partial charge in [-0.1, -0.05) is 13.8 Å². The first-order valence-corrected chi connectivity index (χ1v) is 3.06. The van der Waals surface area contributed by atoms with Gasteiger partial charge in [0.25, 0.3) is 0 Å². The Hall–Kier alpha value is -0.0800. The van der Waals surface area contributed by atoms with Crippen LogP contribution in [0.15, 0.2) is 0 Å². The van der Waals surface area contributed by atoms with Crippen molar-refractivity contribution in [1.82, 2.24) is 5.32 Å². The van der Waals surface area contributed by atoms with Crippen LogP contribution < -0.4 is 5.32 Å². The van der Waals surface area contributed by atoms with Crippen molar-refractivity contribution in [2.75, 3.05) is 19.7 Å². The van der Waals surface area contributed by atoms with Crippen LogP contribution in [0.2, 0.25) is 0 Å². The van der Waals surface area contributed by atoms with E-state index < -0.39 is 0 Å². The molecule has 49 valence electrons. The van der Waals surface area contributed by atoms with Crippen LogP contribution in [0, 0.1) is 5.92 Å². The van der Waals surface area contributed by atoms with Crippen molar-refractivity contribution in [3.63, 3.8) is 0 Å². The lowest BCUT2D eigenvalue weighted by Crippen LogP contribution is -2.22. The zero-order valence-electron chi connectivity index (χ0n) is 5.61. The molecule has 2 heteroatoms. The Bertz CT molecular complexity index is 45.8. The summed E-state index contributed by atoms with van der Waals surface area (Å²) in [5.74, 6) is 0.654. The van der Waals surface area contributed by atoms with Crippen LogP contribution in [0.4, 0.5) is 0 Å². The lowest BCUT2D eigenvalue weighted by atomic mass is 10.2. The molecule has 0 aromatic rings. The maximum atomic E-state index is 9.85. The quantitative estimate of drug-likeness (QED) is 0.538. The van der Waals surface area contributed by atoms with Crippen molar-refractivity contribution in [2.45, 2.75) is 13.8 Å². The van der Waals surface area contributed by atoms with E-state index in [0.29, 0.717) is 12.5 Å². The third-order valence-electron chi connectivity index (χ3n) is 0.831. The fourth-order valence-corrected chi connectivity index (χ4v) is 0.463. The van der Waals surface area contributed by atoms with Gasteiger partial charge in [0.2, 0.25) is 0 Å². The molecule has 0 saturated heterocycles. The largest absolute Gasteiger partial charge is 0.314 e. The van der Waals surface area contributed by atoms with Gasteiger partial charge in [0, 0.05) is 6.54 Å². The fraction of sp³-hybridized carbons (Fsp3) is 1.00. The molecule has 0 fully saturated rings. The van der Waals surface area contributed by atoms with Crippen molar-refractivity contribution in [2.24, 2.45) is 5.92 Å². The van der Waals surface area contributed by atoms with Crippen molar-refractivity contribution >= 4 is 0 Å². The van der Waals surface area contributed by atoms with Gasteiger partial charge in [-0.05, 0) is 12.5 Å². The molecule has 0 aliphatic carbocycles. The molecule has 0 aliphatic rings. The molecule has 0 aromatic heterocycles. The molecule has 0 unspecified atom stereocenters. The molecule has 0 aliphatic heterocycles. The molecule has 0 spiro atoms. The summed E-state index contributed by atoms with van der Waals surface area (Å²) < 4.78 is 0. The Kier molecular flexibility index (Phi) is 5.01. The van der Waals surface area contributed by atoms with E-state index in [9.17, 15) is 5.11 Å². The Morgan fingerprint density at radius 1 is 1.50 bits per heavy atom.